The minimum Gasteiger partial charge on any atom is -0.389 e. The van der Waals surface area contributed by atoms with Gasteiger partial charge in [-0.1, -0.05) is 32.0 Å². The molecule has 0 aliphatic heterocycles. The van der Waals surface area contributed by atoms with Crippen molar-refractivity contribution in [1.29, 1.82) is 0 Å². The van der Waals surface area contributed by atoms with E-state index in [0.717, 1.165) is 16.8 Å². The van der Waals surface area contributed by atoms with Crippen LogP contribution in [0.5, 0.6) is 0 Å². The SMILES string of the molecule is Cc1cccc(C)c1NC(=O)NCC(O)COCC(C)C. The zero-order valence-corrected chi connectivity index (χ0v) is 13.3. The van der Waals surface area contributed by atoms with Gasteiger partial charge in [-0.3, -0.25) is 0 Å². The Kier molecular flexibility index (Phi) is 7.19. The Morgan fingerprint density at radius 2 is 1.86 bits per heavy atom. The van der Waals surface area contributed by atoms with Crippen molar-refractivity contribution in [3.63, 3.8) is 0 Å². The van der Waals surface area contributed by atoms with Gasteiger partial charge in [0.25, 0.3) is 0 Å². The summed E-state index contributed by atoms with van der Waals surface area (Å²) in [6.07, 6.45) is -0.701. The molecule has 118 valence electrons. The Morgan fingerprint density at radius 3 is 2.43 bits per heavy atom. The van der Waals surface area contributed by atoms with Crippen molar-refractivity contribution >= 4 is 11.7 Å². The van der Waals surface area contributed by atoms with Gasteiger partial charge in [0, 0.05) is 18.8 Å². The van der Waals surface area contributed by atoms with Crippen LogP contribution >= 0.6 is 0 Å². The van der Waals surface area contributed by atoms with E-state index < -0.39 is 6.10 Å². The highest BCUT2D eigenvalue weighted by Crippen LogP contribution is 2.18. The first-order chi connectivity index (χ1) is 9.90. The van der Waals surface area contributed by atoms with Crippen molar-refractivity contribution in [2.24, 2.45) is 5.92 Å². The van der Waals surface area contributed by atoms with Crippen molar-refractivity contribution in [3.8, 4) is 0 Å². The molecule has 0 saturated carbocycles. The second-order valence-electron chi connectivity index (χ2n) is 5.69. The molecule has 0 heterocycles. The van der Waals surface area contributed by atoms with Gasteiger partial charge < -0.3 is 20.5 Å². The fraction of sp³-hybridized carbons (Fsp3) is 0.562. The summed E-state index contributed by atoms with van der Waals surface area (Å²) in [6.45, 7) is 8.96. The molecule has 0 aromatic heterocycles. The molecule has 3 N–H and O–H groups in total. The molecule has 0 bridgehead atoms. The lowest BCUT2D eigenvalue weighted by atomic mass is 10.1. The summed E-state index contributed by atoms with van der Waals surface area (Å²) in [6, 6.07) is 5.51. The molecule has 0 aliphatic rings. The lowest BCUT2D eigenvalue weighted by Crippen LogP contribution is -2.37. The molecule has 1 atom stereocenters. The first kappa shape index (κ1) is 17.5. The zero-order chi connectivity index (χ0) is 15.8. The third-order valence-electron chi connectivity index (χ3n) is 2.98. The fourth-order valence-corrected chi connectivity index (χ4v) is 1.88. The highest BCUT2D eigenvalue weighted by atomic mass is 16.5. The Balaban J connectivity index is 2.34. The van der Waals surface area contributed by atoms with Gasteiger partial charge in [0.15, 0.2) is 0 Å². The molecule has 21 heavy (non-hydrogen) atoms. The lowest BCUT2D eigenvalue weighted by molar-refractivity contribution is 0.0274. The number of aliphatic hydroxyl groups is 1. The van der Waals surface area contributed by atoms with Gasteiger partial charge in [-0.25, -0.2) is 4.79 Å². The molecule has 2 amide bonds. The van der Waals surface area contributed by atoms with Gasteiger partial charge in [0.05, 0.1) is 12.7 Å². The number of amides is 2. The Bertz CT molecular complexity index is 441. The number of anilines is 1. The molecule has 5 nitrogen and oxygen atoms in total. The van der Waals surface area contributed by atoms with Gasteiger partial charge in [0.2, 0.25) is 0 Å². The van der Waals surface area contributed by atoms with E-state index in [9.17, 15) is 9.90 Å². The number of nitrogens with one attached hydrogen (secondary N) is 2. The molecule has 0 fully saturated rings. The van der Waals surface area contributed by atoms with Crippen molar-refractivity contribution in [2.45, 2.75) is 33.8 Å². The number of aliphatic hydroxyl groups excluding tert-OH is 1. The predicted molar refractivity (Wildman–Crippen MR) is 84.6 cm³/mol. The third kappa shape index (κ3) is 6.60. The number of rotatable bonds is 7. The van der Waals surface area contributed by atoms with E-state index in [2.05, 4.69) is 10.6 Å². The maximum atomic E-state index is 11.8. The standard InChI is InChI=1S/C16H26N2O3/c1-11(2)9-21-10-14(19)8-17-16(20)18-15-12(3)6-5-7-13(15)4/h5-7,11,14,19H,8-10H2,1-4H3,(H2,17,18,20). The fourth-order valence-electron chi connectivity index (χ4n) is 1.88. The molecule has 0 radical (unpaired) electrons. The molecular weight excluding hydrogens is 268 g/mol. The van der Waals surface area contributed by atoms with E-state index in [1.54, 1.807) is 0 Å². The van der Waals surface area contributed by atoms with Gasteiger partial charge >= 0.3 is 6.03 Å². The average molecular weight is 294 g/mol. The summed E-state index contributed by atoms with van der Waals surface area (Å²) in [5, 5.41) is 15.2. The number of benzene rings is 1. The maximum Gasteiger partial charge on any atom is 0.319 e. The molecular formula is C16H26N2O3. The molecule has 1 rings (SSSR count). The first-order valence-electron chi connectivity index (χ1n) is 7.27. The normalized spacial score (nSPS) is 12.3. The van der Waals surface area contributed by atoms with Crippen LogP contribution in [0.15, 0.2) is 18.2 Å². The van der Waals surface area contributed by atoms with Crippen LogP contribution in [0.1, 0.15) is 25.0 Å². The highest BCUT2D eigenvalue weighted by Gasteiger charge is 2.10. The van der Waals surface area contributed by atoms with E-state index in [-0.39, 0.29) is 19.2 Å². The number of hydrogen-bond acceptors (Lipinski definition) is 3. The van der Waals surface area contributed by atoms with Crippen LogP contribution in [0, 0.1) is 19.8 Å². The molecule has 0 spiro atoms. The van der Waals surface area contributed by atoms with E-state index in [0.29, 0.717) is 12.5 Å². The Hall–Kier alpha value is -1.59. The van der Waals surface area contributed by atoms with Crippen LogP contribution in [0.25, 0.3) is 0 Å². The molecule has 1 unspecified atom stereocenters. The van der Waals surface area contributed by atoms with Crippen molar-refractivity contribution < 1.29 is 14.6 Å². The Labute approximate surface area is 126 Å². The average Bonchev–Trinajstić information content (AvgIpc) is 2.40. The topological polar surface area (TPSA) is 70.6 Å². The minimum absolute atomic E-state index is 0.162. The van der Waals surface area contributed by atoms with Crippen LogP contribution in [0.3, 0.4) is 0 Å². The van der Waals surface area contributed by atoms with Crippen molar-refractivity contribution in [2.75, 3.05) is 25.1 Å². The first-order valence-corrected chi connectivity index (χ1v) is 7.27. The van der Waals surface area contributed by atoms with Gasteiger partial charge in [-0.15, -0.1) is 0 Å². The monoisotopic (exact) mass is 294 g/mol. The maximum absolute atomic E-state index is 11.8. The van der Waals surface area contributed by atoms with Gasteiger partial charge in [-0.05, 0) is 30.9 Å². The van der Waals surface area contributed by atoms with Crippen LogP contribution < -0.4 is 10.6 Å². The second-order valence-corrected chi connectivity index (χ2v) is 5.69. The number of urea groups is 1. The summed E-state index contributed by atoms with van der Waals surface area (Å²) in [7, 11) is 0. The molecule has 0 saturated heterocycles. The zero-order valence-electron chi connectivity index (χ0n) is 13.3. The summed E-state index contributed by atoms with van der Waals surface area (Å²) >= 11 is 0. The number of aryl methyl sites for hydroxylation is 2. The number of hydrogen-bond donors (Lipinski definition) is 3. The smallest absolute Gasteiger partial charge is 0.319 e. The number of carbonyl (C=O) groups excluding carboxylic acids is 1. The minimum atomic E-state index is -0.701. The summed E-state index contributed by atoms with van der Waals surface area (Å²) < 4.78 is 5.32. The van der Waals surface area contributed by atoms with Gasteiger partial charge in [0.1, 0.15) is 0 Å². The highest BCUT2D eigenvalue weighted by molar-refractivity contribution is 5.90. The van der Waals surface area contributed by atoms with Crippen molar-refractivity contribution in [1.82, 2.24) is 5.32 Å². The summed E-state index contributed by atoms with van der Waals surface area (Å²) in [5.41, 5.74) is 2.82. The quantitative estimate of drug-likeness (QED) is 0.723. The van der Waals surface area contributed by atoms with Gasteiger partial charge in [-0.2, -0.15) is 0 Å². The third-order valence-corrected chi connectivity index (χ3v) is 2.98. The number of para-hydroxylation sites is 1. The van der Waals surface area contributed by atoms with Crippen LogP contribution in [-0.2, 0) is 4.74 Å². The van der Waals surface area contributed by atoms with Crippen LogP contribution in [0.2, 0.25) is 0 Å². The molecule has 1 aromatic rings. The summed E-state index contributed by atoms with van der Waals surface area (Å²) in [5.74, 6) is 0.428. The molecule has 1 aromatic carbocycles. The lowest BCUT2D eigenvalue weighted by Gasteiger charge is -2.15. The predicted octanol–water partition coefficient (Wildman–Crippen LogP) is 2.46. The number of carbonyl (C=O) groups is 1. The van der Waals surface area contributed by atoms with E-state index in [4.69, 9.17) is 4.74 Å². The number of ether oxygens (including phenoxy) is 1. The summed E-state index contributed by atoms with van der Waals surface area (Å²) in [4.78, 5) is 11.8. The van der Waals surface area contributed by atoms with Crippen LogP contribution in [-0.4, -0.2) is 37.0 Å². The van der Waals surface area contributed by atoms with Crippen molar-refractivity contribution in [3.05, 3.63) is 29.3 Å². The van der Waals surface area contributed by atoms with E-state index in [1.807, 2.05) is 45.9 Å². The Morgan fingerprint density at radius 1 is 1.24 bits per heavy atom. The molecule has 5 heteroatoms. The van der Waals surface area contributed by atoms with Crippen LogP contribution in [0.4, 0.5) is 10.5 Å². The van der Waals surface area contributed by atoms with E-state index >= 15 is 0 Å². The second kappa shape index (κ2) is 8.64. The van der Waals surface area contributed by atoms with E-state index in [1.165, 1.54) is 0 Å². The molecule has 0 aliphatic carbocycles. The largest absolute Gasteiger partial charge is 0.389 e.